The van der Waals surface area contributed by atoms with Gasteiger partial charge in [-0.2, -0.15) is 0 Å². The van der Waals surface area contributed by atoms with E-state index in [0.717, 1.165) is 24.3 Å². The topological polar surface area (TPSA) is 74.8 Å². The maximum absolute atomic E-state index is 14.2. The van der Waals surface area contributed by atoms with Crippen molar-refractivity contribution in [1.29, 1.82) is 0 Å². The van der Waals surface area contributed by atoms with Crippen molar-refractivity contribution < 1.29 is 18.0 Å². The summed E-state index contributed by atoms with van der Waals surface area (Å²) < 4.78 is 41.4. The van der Waals surface area contributed by atoms with Gasteiger partial charge in [0.25, 0.3) is 5.91 Å². The molecule has 5 nitrogen and oxygen atoms in total. The Morgan fingerprint density at radius 1 is 1.08 bits per heavy atom. The molecule has 0 fully saturated rings. The molecule has 26 heavy (non-hydrogen) atoms. The third-order valence-corrected chi connectivity index (χ3v) is 3.60. The van der Waals surface area contributed by atoms with Gasteiger partial charge >= 0.3 is 0 Å². The Bertz CT molecular complexity index is 980. The fourth-order valence-corrected chi connectivity index (χ4v) is 2.43. The van der Waals surface area contributed by atoms with Crippen LogP contribution in [0, 0.1) is 17.5 Å². The highest BCUT2D eigenvalue weighted by atomic mass is 19.1. The lowest BCUT2D eigenvalue weighted by molar-refractivity contribution is 0.0941. The molecule has 0 aliphatic carbocycles. The molecule has 2 N–H and O–H groups in total. The van der Waals surface area contributed by atoms with E-state index in [9.17, 15) is 22.8 Å². The van der Waals surface area contributed by atoms with Crippen molar-refractivity contribution in [2.24, 2.45) is 0 Å². The summed E-state index contributed by atoms with van der Waals surface area (Å²) in [6, 6.07) is 6.28. The number of benzene rings is 1. The van der Waals surface area contributed by atoms with E-state index in [1.165, 1.54) is 24.5 Å². The summed E-state index contributed by atoms with van der Waals surface area (Å²) >= 11 is 0. The number of H-pyrrole nitrogens is 1. The molecule has 0 radical (unpaired) electrons. The fourth-order valence-electron chi connectivity index (χ4n) is 2.43. The Morgan fingerprint density at radius 3 is 2.42 bits per heavy atom. The predicted octanol–water partition coefficient (Wildman–Crippen LogP) is 2.71. The van der Waals surface area contributed by atoms with E-state index < -0.39 is 35.0 Å². The van der Waals surface area contributed by atoms with Crippen LogP contribution in [0.15, 0.2) is 59.7 Å². The Labute approximate surface area is 145 Å². The van der Waals surface area contributed by atoms with Crippen molar-refractivity contribution in [2.45, 2.75) is 6.04 Å². The van der Waals surface area contributed by atoms with Gasteiger partial charge in [0, 0.05) is 24.5 Å². The number of hydrogen-bond acceptors (Lipinski definition) is 3. The van der Waals surface area contributed by atoms with Gasteiger partial charge in [0.15, 0.2) is 0 Å². The van der Waals surface area contributed by atoms with Gasteiger partial charge in [-0.1, -0.05) is 0 Å². The number of carbonyl (C=O) groups excluding carboxylic acids is 1. The molecule has 0 saturated heterocycles. The third kappa shape index (κ3) is 3.80. The standard InChI is InChI=1S/C18H12F3N3O2/c19-12-6-11(7-13(20)8-12)16(17-14(21)2-1-5-22-17)24-18(26)10-3-4-15(25)23-9-10/h1-9,16H,(H,23,25)(H,24,26)/t16-/m0/s1. The Kier molecular flexibility index (Phi) is 4.83. The lowest BCUT2D eigenvalue weighted by Crippen LogP contribution is -2.31. The summed E-state index contributed by atoms with van der Waals surface area (Å²) in [7, 11) is 0. The molecule has 1 atom stereocenters. The van der Waals surface area contributed by atoms with Gasteiger partial charge in [0.05, 0.1) is 11.6 Å². The Balaban J connectivity index is 2.03. The summed E-state index contributed by atoms with van der Waals surface area (Å²) in [5.41, 5.74) is -0.531. The van der Waals surface area contributed by atoms with Gasteiger partial charge in [0.2, 0.25) is 5.56 Å². The largest absolute Gasteiger partial charge is 0.339 e. The highest BCUT2D eigenvalue weighted by Gasteiger charge is 2.23. The number of hydrogen-bond donors (Lipinski definition) is 2. The number of nitrogens with one attached hydrogen (secondary N) is 2. The van der Waals surface area contributed by atoms with Crippen molar-refractivity contribution in [1.82, 2.24) is 15.3 Å². The normalized spacial score (nSPS) is 11.8. The van der Waals surface area contributed by atoms with E-state index in [4.69, 9.17) is 0 Å². The van der Waals surface area contributed by atoms with E-state index in [-0.39, 0.29) is 16.8 Å². The zero-order chi connectivity index (χ0) is 18.7. The van der Waals surface area contributed by atoms with E-state index in [2.05, 4.69) is 15.3 Å². The highest BCUT2D eigenvalue weighted by molar-refractivity contribution is 5.94. The molecule has 1 amide bonds. The first kappa shape index (κ1) is 17.4. The van der Waals surface area contributed by atoms with Crippen LogP contribution in [0.2, 0.25) is 0 Å². The predicted molar refractivity (Wildman–Crippen MR) is 86.9 cm³/mol. The molecule has 3 rings (SSSR count). The molecule has 3 aromatic rings. The van der Waals surface area contributed by atoms with Crippen molar-refractivity contribution in [3.63, 3.8) is 0 Å². The van der Waals surface area contributed by atoms with Gasteiger partial charge in [-0.05, 0) is 35.9 Å². The lowest BCUT2D eigenvalue weighted by Gasteiger charge is -2.19. The van der Waals surface area contributed by atoms with Crippen LogP contribution in [-0.4, -0.2) is 15.9 Å². The van der Waals surface area contributed by atoms with Crippen molar-refractivity contribution >= 4 is 5.91 Å². The first-order valence-corrected chi connectivity index (χ1v) is 7.50. The average Bonchev–Trinajstić information content (AvgIpc) is 2.60. The zero-order valence-corrected chi connectivity index (χ0v) is 13.2. The van der Waals surface area contributed by atoms with Crippen molar-refractivity contribution in [3.8, 4) is 0 Å². The van der Waals surface area contributed by atoms with E-state index in [1.807, 2.05) is 0 Å². The van der Waals surface area contributed by atoms with Gasteiger partial charge in [0.1, 0.15) is 23.1 Å². The average molecular weight is 359 g/mol. The van der Waals surface area contributed by atoms with Crippen molar-refractivity contribution in [3.05, 3.63) is 99.5 Å². The molecule has 0 saturated carbocycles. The van der Waals surface area contributed by atoms with Gasteiger partial charge < -0.3 is 10.3 Å². The lowest BCUT2D eigenvalue weighted by atomic mass is 10.0. The fraction of sp³-hybridized carbons (Fsp3) is 0.0556. The van der Waals surface area contributed by atoms with Crippen LogP contribution in [0.3, 0.4) is 0 Å². The summed E-state index contributed by atoms with van der Waals surface area (Å²) in [6.07, 6.45) is 2.48. The van der Waals surface area contributed by atoms with Crippen LogP contribution < -0.4 is 10.9 Å². The maximum atomic E-state index is 14.2. The second kappa shape index (κ2) is 7.22. The quantitative estimate of drug-likeness (QED) is 0.752. The first-order valence-electron chi connectivity index (χ1n) is 7.50. The van der Waals surface area contributed by atoms with Crippen molar-refractivity contribution in [2.75, 3.05) is 0 Å². The third-order valence-electron chi connectivity index (χ3n) is 3.60. The molecule has 0 unspecified atom stereocenters. The second-order valence-electron chi connectivity index (χ2n) is 5.42. The molecule has 0 spiro atoms. The monoisotopic (exact) mass is 359 g/mol. The van der Waals surface area contributed by atoms with Gasteiger partial charge in [-0.15, -0.1) is 0 Å². The minimum Gasteiger partial charge on any atom is -0.339 e. The van der Waals surface area contributed by atoms with Crippen LogP contribution in [0.5, 0.6) is 0 Å². The molecule has 132 valence electrons. The van der Waals surface area contributed by atoms with E-state index in [1.54, 1.807) is 0 Å². The molecule has 2 aromatic heterocycles. The van der Waals surface area contributed by atoms with E-state index >= 15 is 0 Å². The maximum Gasteiger partial charge on any atom is 0.253 e. The first-order chi connectivity index (χ1) is 12.4. The number of aromatic amines is 1. The van der Waals surface area contributed by atoms with E-state index in [0.29, 0.717) is 6.07 Å². The molecule has 1 aromatic carbocycles. The summed E-state index contributed by atoms with van der Waals surface area (Å²) in [5.74, 6) is -3.18. The number of amides is 1. The Morgan fingerprint density at radius 2 is 1.81 bits per heavy atom. The smallest absolute Gasteiger partial charge is 0.253 e. The Hall–Kier alpha value is -3.42. The molecule has 0 bridgehead atoms. The van der Waals surface area contributed by atoms with Crippen LogP contribution >= 0.6 is 0 Å². The number of aromatic nitrogens is 2. The number of nitrogens with zero attached hydrogens (tertiary/aromatic N) is 1. The number of halogens is 3. The molecule has 0 aliphatic heterocycles. The van der Waals surface area contributed by atoms with Crippen LogP contribution in [0.1, 0.15) is 27.7 Å². The number of carbonyl (C=O) groups is 1. The molecule has 8 heteroatoms. The summed E-state index contributed by atoms with van der Waals surface area (Å²) in [6.45, 7) is 0. The minimum absolute atomic E-state index is 0.0159. The minimum atomic E-state index is -1.24. The van der Waals surface area contributed by atoms with Crippen LogP contribution in [0.25, 0.3) is 0 Å². The van der Waals surface area contributed by atoms with Crippen LogP contribution in [-0.2, 0) is 0 Å². The van der Waals surface area contributed by atoms with Crippen LogP contribution in [0.4, 0.5) is 13.2 Å². The summed E-state index contributed by atoms with van der Waals surface area (Å²) in [4.78, 5) is 29.7. The SMILES string of the molecule is O=C(N[C@@H](c1cc(F)cc(F)c1)c1ncccc1F)c1ccc(=O)[nH]c1. The number of pyridine rings is 2. The number of rotatable bonds is 4. The summed E-state index contributed by atoms with van der Waals surface area (Å²) in [5, 5.41) is 2.48. The second-order valence-corrected chi connectivity index (χ2v) is 5.42. The van der Waals surface area contributed by atoms with Gasteiger partial charge in [-0.25, -0.2) is 13.2 Å². The molecular formula is C18H12F3N3O2. The molecule has 2 heterocycles. The zero-order valence-electron chi connectivity index (χ0n) is 13.2. The highest BCUT2D eigenvalue weighted by Crippen LogP contribution is 2.24. The molecular weight excluding hydrogens is 347 g/mol. The van der Waals surface area contributed by atoms with Gasteiger partial charge in [-0.3, -0.25) is 14.6 Å². The molecule has 0 aliphatic rings.